The van der Waals surface area contributed by atoms with Crippen LogP contribution in [-0.4, -0.2) is 230 Å². The van der Waals surface area contributed by atoms with Gasteiger partial charge in [-0.3, -0.25) is 4.98 Å². The number of nitrogen functional groups attached to an aromatic ring is 1. The van der Waals surface area contributed by atoms with Crippen LogP contribution in [0.15, 0.2) is 114 Å². The van der Waals surface area contributed by atoms with Crippen LogP contribution in [0.3, 0.4) is 0 Å². The molecule has 2 N–H and O–H groups in total. The molecule has 628 valence electrons. The average Bonchev–Trinajstić information content (AvgIpc) is 0.779. The molecule has 0 bridgehead atoms. The lowest BCUT2D eigenvalue weighted by Crippen LogP contribution is -2.38. The Balaban J connectivity index is 0.000000170. The average molecular weight is 1690 g/mol. The Kier molecular flexibility index (Phi) is 34.6. The number of hydrogen-bond acceptors (Lipinski definition) is 24. The fraction of sp³-hybridized carbons (Fsp3) is 0.524. The first-order valence-electron chi connectivity index (χ1n) is 40.0. The molecule has 5 aliphatic heterocycles. The fourth-order valence-electron chi connectivity index (χ4n) is 15.3. The molecular formula is C84H114BrClF4N20O6. The molecule has 3 saturated heterocycles. The van der Waals surface area contributed by atoms with Gasteiger partial charge in [-0.1, -0.05) is 19.3 Å². The van der Waals surface area contributed by atoms with Crippen molar-refractivity contribution in [3.8, 4) is 34.0 Å². The smallest absolute Gasteiger partial charge is 0.363 e. The molecule has 0 radical (unpaired) electrons. The number of nitrogens with zero attached hydrogens (tertiary/aromatic N) is 19. The highest BCUT2D eigenvalue weighted by atomic mass is 79.9. The first-order valence-corrected chi connectivity index (χ1v) is 41.1. The highest BCUT2D eigenvalue weighted by molar-refractivity contribution is 9.10. The van der Waals surface area contributed by atoms with Crippen LogP contribution in [-0.2, 0) is 6.42 Å². The van der Waals surface area contributed by atoms with Crippen LogP contribution in [0.25, 0.3) is 22.5 Å². The number of ether oxygens (including phenoxy) is 2. The Morgan fingerprint density at radius 1 is 0.483 bits per heavy atom. The highest BCUT2D eigenvalue weighted by Crippen LogP contribution is 2.42. The first kappa shape index (κ1) is 90.6. The zero-order valence-corrected chi connectivity index (χ0v) is 71.4. The lowest BCUT2D eigenvalue weighted by molar-refractivity contribution is -0.389. The van der Waals surface area contributed by atoms with E-state index in [1.165, 1.54) is 107 Å². The highest BCUT2D eigenvalue weighted by Gasteiger charge is 2.30. The molecule has 32 heteroatoms. The van der Waals surface area contributed by atoms with Crippen molar-refractivity contribution in [2.24, 2.45) is 23.7 Å². The van der Waals surface area contributed by atoms with Crippen LogP contribution in [0.5, 0.6) is 11.5 Å². The molecule has 0 amide bonds. The van der Waals surface area contributed by atoms with Crippen LogP contribution in [0.1, 0.15) is 110 Å². The van der Waals surface area contributed by atoms with Gasteiger partial charge in [0.2, 0.25) is 5.28 Å². The topological polar surface area (TPSA) is 263 Å². The standard InChI is InChI=1S/C29H36F2N6O.C15H14ClF2N3O.C13H20N4O2.C13H22N4.C9H19N.C5H3BrN2O2/c1-19(2)37-11-12-38-29-24(30)13-21(14-26(29)37)28-25(31)17-33-27(34-28)15-22-5-6-23(16-32-22)36-9-7-20(8-10-36)18-35(3)4;1-8(2)21-3-4-22-14-10(17)5-9(6-12(14)21)13-11(18)7-19-15(16)20-13;1-15(2)10-11-5-7-16(8-6-11)12-3-4-13(14-9-12)17(18)19;1-16(2)10-11-5-7-17(8-6-11)12-3-4-13(14)15-9-12;1-10(2)8-9-6-4-3-5-7-9;6-4-1-2-5(7-3-4)8(9)10/h5-6,13-14,16-17,19-20H,7-12,15,18H2,1-4H3;5-8H,3-4H2,1-2H3;3-4,9,11H,5-8,10H2,1-2H3;3-4,9,11H,5-8,10H2,1-2H3,(H2,14,15);9H,3-8H2,1-2H3;1-3H. The number of fused-ring (bicyclic) bond motifs is 2. The predicted octanol–water partition coefficient (Wildman–Crippen LogP) is 15.6. The third kappa shape index (κ3) is 27.4. The summed E-state index contributed by atoms with van der Waals surface area (Å²) in [5, 5.41) is 20.5. The van der Waals surface area contributed by atoms with Crippen molar-refractivity contribution < 1.29 is 36.9 Å². The Labute approximate surface area is 693 Å². The zero-order valence-electron chi connectivity index (χ0n) is 69.0. The Morgan fingerprint density at radius 2 is 0.879 bits per heavy atom. The Hall–Kier alpha value is -9.27. The van der Waals surface area contributed by atoms with E-state index in [1.807, 2.05) is 57.1 Å². The molecule has 1 saturated carbocycles. The van der Waals surface area contributed by atoms with Crippen LogP contribution >= 0.6 is 27.5 Å². The normalized spacial score (nSPS) is 16.0. The second-order valence-corrected chi connectivity index (χ2v) is 33.1. The molecule has 0 unspecified atom stereocenters. The second kappa shape index (κ2) is 44.3. The summed E-state index contributed by atoms with van der Waals surface area (Å²) in [6.45, 7) is 21.3. The minimum Gasteiger partial charge on any atom is -0.486 e. The molecule has 2 aromatic carbocycles. The van der Waals surface area contributed by atoms with Gasteiger partial charge in [-0.2, -0.15) is 0 Å². The SMILES string of the molecule is CC(C)N1CCOc2c(F)cc(-c3nc(Cc4ccc(N5CCC(CN(C)C)CC5)cn4)ncc3F)cc21.CC(C)N1CCOc2c(F)cc(-c3nc(Cl)ncc3F)cc21.CN(C)CC1CCCCC1.CN(C)CC1CCN(c2ccc(N)nc2)CC1.CN(C)CC1CCN(c2ccc([N+](=O)[O-])nc2)CC1.O=[N+]([O-])c1ccc(Br)cn1. The minimum atomic E-state index is -0.656. The van der Waals surface area contributed by atoms with Gasteiger partial charge in [0.05, 0.1) is 77.2 Å². The quantitative estimate of drug-likeness (QED) is 0.0341. The van der Waals surface area contributed by atoms with Gasteiger partial charge < -0.3 is 79.5 Å². The molecule has 6 aliphatic rings. The summed E-state index contributed by atoms with van der Waals surface area (Å²) < 4.78 is 69.8. The van der Waals surface area contributed by atoms with Crippen molar-refractivity contribution in [2.45, 2.75) is 117 Å². The maximum absolute atomic E-state index is 15.0. The zero-order chi connectivity index (χ0) is 83.7. The molecule has 26 nitrogen and oxygen atoms in total. The molecule has 14 rings (SSSR count). The van der Waals surface area contributed by atoms with E-state index in [4.69, 9.17) is 26.8 Å². The number of benzene rings is 2. The maximum Gasteiger partial charge on any atom is 0.363 e. The number of aromatic nitrogens is 8. The number of nitrogens with two attached hydrogens (primary N) is 1. The molecule has 6 aromatic heterocycles. The minimum absolute atomic E-state index is 0.0315. The summed E-state index contributed by atoms with van der Waals surface area (Å²) in [5.74, 6) is 2.19. The second-order valence-electron chi connectivity index (χ2n) is 31.9. The molecule has 8 aromatic rings. The largest absolute Gasteiger partial charge is 0.486 e. The van der Waals surface area contributed by atoms with Gasteiger partial charge in [0, 0.05) is 106 Å². The van der Waals surface area contributed by atoms with E-state index in [-0.39, 0.29) is 51.9 Å². The Bertz CT molecular complexity index is 4390. The number of halogens is 6. The van der Waals surface area contributed by atoms with Gasteiger partial charge >= 0.3 is 11.6 Å². The monoisotopic (exact) mass is 1690 g/mol. The van der Waals surface area contributed by atoms with Crippen LogP contribution in [0.2, 0.25) is 5.28 Å². The van der Waals surface area contributed by atoms with Gasteiger partial charge in [0.15, 0.2) is 47.2 Å². The van der Waals surface area contributed by atoms with Crippen molar-refractivity contribution in [1.82, 2.24) is 59.5 Å². The molecule has 11 heterocycles. The number of anilines is 6. The fourth-order valence-corrected chi connectivity index (χ4v) is 15.7. The van der Waals surface area contributed by atoms with Crippen molar-refractivity contribution in [3.63, 3.8) is 0 Å². The number of hydrogen-bond donors (Lipinski definition) is 1. The summed E-state index contributed by atoms with van der Waals surface area (Å²) in [6, 6.07) is 20.4. The molecule has 116 heavy (non-hydrogen) atoms. The Morgan fingerprint density at radius 3 is 1.26 bits per heavy atom. The van der Waals surface area contributed by atoms with E-state index in [9.17, 15) is 37.8 Å². The first-order chi connectivity index (χ1) is 55.4. The van der Waals surface area contributed by atoms with E-state index in [0.29, 0.717) is 66.9 Å². The third-order valence-corrected chi connectivity index (χ3v) is 21.7. The van der Waals surface area contributed by atoms with Crippen LogP contribution < -0.4 is 39.7 Å². The third-order valence-electron chi connectivity index (χ3n) is 21.0. The summed E-state index contributed by atoms with van der Waals surface area (Å²) >= 11 is 8.82. The lowest BCUT2D eigenvalue weighted by Gasteiger charge is -2.34. The predicted molar refractivity (Wildman–Crippen MR) is 457 cm³/mol. The van der Waals surface area contributed by atoms with E-state index in [0.717, 1.165) is 123 Å². The summed E-state index contributed by atoms with van der Waals surface area (Å²) in [6.07, 6.45) is 23.8. The number of pyridine rings is 4. The van der Waals surface area contributed by atoms with E-state index < -0.39 is 33.1 Å². The number of piperidine rings is 3. The van der Waals surface area contributed by atoms with Gasteiger partial charge in [-0.25, -0.2) is 42.5 Å². The van der Waals surface area contributed by atoms with Crippen molar-refractivity contribution in [3.05, 3.63) is 175 Å². The summed E-state index contributed by atoms with van der Waals surface area (Å²) in [4.78, 5) is 72.1. The van der Waals surface area contributed by atoms with E-state index >= 15 is 0 Å². The molecule has 4 fully saturated rings. The summed E-state index contributed by atoms with van der Waals surface area (Å²) in [5.41, 5.74) is 11.6. The van der Waals surface area contributed by atoms with Gasteiger partial charge in [-0.15, -0.1) is 0 Å². The van der Waals surface area contributed by atoms with Gasteiger partial charge in [0.25, 0.3) is 0 Å². The lowest BCUT2D eigenvalue weighted by atomic mass is 9.89. The number of nitro groups is 2. The maximum atomic E-state index is 15.0. The van der Waals surface area contributed by atoms with Gasteiger partial charge in [0.1, 0.15) is 36.2 Å². The molecule has 0 atom stereocenters. The van der Waals surface area contributed by atoms with Crippen molar-refractivity contribution >= 4 is 73.4 Å². The summed E-state index contributed by atoms with van der Waals surface area (Å²) in [7, 11) is 17.1. The van der Waals surface area contributed by atoms with Crippen LogP contribution in [0, 0.1) is 67.2 Å². The van der Waals surface area contributed by atoms with Crippen molar-refractivity contribution in [2.75, 3.05) is 178 Å². The van der Waals surface area contributed by atoms with Crippen molar-refractivity contribution in [1.29, 1.82) is 0 Å². The number of rotatable bonds is 19. The van der Waals surface area contributed by atoms with Gasteiger partial charge in [-0.05, 0) is 267 Å². The molecule has 1 aliphatic carbocycles. The van der Waals surface area contributed by atoms with E-state index in [1.54, 1.807) is 30.5 Å². The van der Waals surface area contributed by atoms with Crippen LogP contribution in [0.4, 0.5) is 63.5 Å². The van der Waals surface area contributed by atoms with E-state index in [2.05, 4.69) is 164 Å². The molecular weight excluding hydrogens is 1580 g/mol. The molecule has 0 spiro atoms.